The maximum atomic E-state index is 12.6. The van der Waals surface area contributed by atoms with E-state index in [1.54, 1.807) is 18.3 Å². The summed E-state index contributed by atoms with van der Waals surface area (Å²) < 4.78 is 0. The van der Waals surface area contributed by atoms with Gasteiger partial charge in [0.15, 0.2) is 0 Å². The largest absolute Gasteiger partial charge is 0.366 e. The Bertz CT molecular complexity index is 897. The van der Waals surface area contributed by atoms with Crippen molar-refractivity contribution in [2.45, 2.75) is 32.7 Å². The molecule has 0 aliphatic carbocycles. The zero-order chi connectivity index (χ0) is 19.3. The maximum Gasteiger partial charge on any atom is 0.255 e. The maximum absolute atomic E-state index is 12.6. The third-order valence-electron chi connectivity index (χ3n) is 4.35. The fraction of sp³-hybridized carbons (Fsp3) is 0.217. The predicted molar refractivity (Wildman–Crippen MR) is 111 cm³/mol. The molecule has 0 saturated carbocycles. The van der Waals surface area contributed by atoms with Crippen molar-refractivity contribution in [1.82, 2.24) is 4.98 Å². The van der Waals surface area contributed by atoms with Crippen molar-refractivity contribution < 1.29 is 4.79 Å². The van der Waals surface area contributed by atoms with Crippen molar-refractivity contribution in [2.75, 3.05) is 10.6 Å². The lowest BCUT2D eigenvalue weighted by Crippen LogP contribution is -2.14. The van der Waals surface area contributed by atoms with Gasteiger partial charge in [-0.1, -0.05) is 63.2 Å². The van der Waals surface area contributed by atoms with Gasteiger partial charge in [-0.05, 0) is 40.8 Å². The molecule has 1 aromatic heterocycles. The number of hydrogen-bond acceptors (Lipinski definition) is 3. The first-order chi connectivity index (χ1) is 12.9. The van der Waals surface area contributed by atoms with Gasteiger partial charge in [-0.2, -0.15) is 0 Å². The summed E-state index contributed by atoms with van der Waals surface area (Å²) in [4.78, 5) is 16.8. The zero-order valence-electron chi connectivity index (χ0n) is 16.0. The Balaban J connectivity index is 1.64. The number of benzene rings is 2. The second-order valence-corrected chi connectivity index (χ2v) is 7.55. The Kier molecular flexibility index (Phi) is 5.55. The quantitative estimate of drug-likeness (QED) is 0.655. The monoisotopic (exact) mass is 359 g/mol. The van der Waals surface area contributed by atoms with E-state index in [-0.39, 0.29) is 11.3 Å². The number of hydrogen-bond donors (Lipinski definition) is 2. The molecule has 1 heterocycles. The van der Waals surface area contributed by atoms with Gasteiger partial charge in [0.2, 0.25) is 0 Å². The average Bonchev–Trinajstić information content (AvgIpc) is 2.67. The summed E-state index contributed by atoms with van der Waals surface area (Å²) in [7, 11) is 0. The van der Waals surface area contributed by atoms with E-state index in [2.05, 4.69) is 48.5 Å². The number of pyridine rings is 1. The van der Waals surface area contributed by atoms with Crippen LogP contribution in [0.1, 0.15) is 42.3 Å². The molecule has 0 aliphatic rings. The number of amides is 1. The summed E-state index contributed by atoms with van der Waals surface area (Å²) in [5, 5.41) is 6.20. The van der Waals surface area contributed by atoms with E-state index in [4.69, 9.17) is 0 Å². The van der Waals surface area contributed by atoms with E-state index < -0.39 is 0 Å². The Morgan fingerprint density at radius 2 is 1.67 bits per heavy atom. The summed E-state index contributed by atoms with van der Waals surface area (Å²) in [6.07, 6.45) is 1.64. The highest BCUT2D eigenvalue weighted by Crippen LogP contribution is 2.23. The van der Waals surface area contributed by atoms with Crippen LogP contribution in [0.25, 0.3) is 0 Å². The van der Waals surface area contributed by atoms with Crippen molar-refractivity contribution >= 4 is 17.4 Å². The van der Waals surface area contributed by atoms with Crippen LogP contribution < -0.4 is 10.6 Å². The van der Waals surface area contributed by atoms with Crippen molar-refractivity contribution in [3.05, 3.63) is 89.6 Å². The Morgan fingerprint density at radius 1 is 0.963 bits per heavy atom. The smallest absolute Gasteiger partial charge is 0.255 e. The number of carbonyl (C=O) groups is 1. The van der Waals surface area contributed by atoms with Gasteiger partial charge in [0.1, 0.15) is 5.82 Å². The predicted octanol–water partition coefficient (Wildman–Crippen LogP) is 5.24. The minimum Gasteiger partial charge on any atom is -0.366 e. The highest BCUT2D eigenvalue weighted by atomic mass is 16.1. The molecule has 0 atom stereocenters. The highest BCUT2D eigenvalue weighted by molar-refractivity contribution is 6.04. The van der Waals surface area contributed by atoms with Gasteiger partial charge in [-0.25, -0.2) is 4.98 Å². The third-order valence-corrected chi connectivity index (χ3v) is 4.35. The summed E-state index contributed by atoms with van der Waals surface area (Å²) in [6.45, 7) is 7.16. The standard InChI is InChI=1S/C23H25N3O/c1-23(2,3)19-9-11-20(12-10-19)26-22(27)18-13-14-24-21(15-18)25-16-17-7-5-4-6-8-17/h4-15H,16H2,1-3H3,(H,24,25)(H,26,27). The van der Waals surface area contributed by atoms with Gasteiger partial charge in [0, 0.05) is 24.0 Å². The molecule has 4 heteroatoms. The molecule has 0 bridgehead atoms. The first kappa shape index (κ1) is 18.6. The van der Waals surface area contributed by atoms with Crippen LogP contribution in [0.15, 0.2) is 72.9 Å². The Labute approximate surface area is 160 Å². The normalized spacial score (nSPS) is 11.1. The number of nitrogens with zero attached hydrogens (tertiary/aromatic N) is 1. The first-order valence-electron chi connectivity index (χ1n) is 9.07. The van der Waals surface area contributed by atoms with E-state index in [1.807, 2.05) is 42.5 Å². The molecule has 4 nitrogen and oxygen atoms in total. The van der Waals surface area contributed by atoms with Crippen LogP contribution in [-0.4, -0.2) is 10.9 Å². The van der Waals surface area contributed by atoms with Crippen LogP contribution in [0.5, 0.6) is 0 Å². The van der Waals surface area contributed by atoms with E-state index in [1.165, 1.54) is 5.56 Å². The molecule has 138 valence electrons. The van der Waals surface area contributed by atoms with Gasteiger partial charge >= 0.3 is 0 Å². The minimum absolute atomic E-state index is 0.0902. The second-order valence-electron chi connectivity index (χ2n) is 7.55. The third kappa shape index (κ3) is 5.17. The molecule has 0 aliphatic heterocycles. The number of aromatic nitrogens is 1. The number of anilines is 2. The van der Waals surface area contributed by atoms with Crippen LogP contribution in [0, 0.1) is 0 Å². The molecular weight excluding hydrogens is 334 g/mol. The molecule has 1 amide bonds. The van der Waals surface area contributed by atoms with E-state index >= 15 is 0 Å². The molecule has 0 fully saturated rings. The van der Waals surface area contributed by atoms with Gasteiger partial charge in [-0.3, -0.25) is 4.79 Å². The van der Waals surface area contributed by atoms with Gasteiger partial charge in [-0.15, -0.1) is 0 Å². The molecule has 2 aromatic carbocycles. The Morgan fingerprint density at radius 3 is 2.33 bits per heavy atom. The SMILES string of the molecule is CC(C)(C)c1ccc(NC(=O)c2ccnc(NCc3ccccc3)c2)cc1. The van der Waals surface area contributed by atoms with E-state index in [0.29, 0.717) is 17.9 Å². The molecule has 27 heavy (non-hydrogen) atoms. The van der Waals surface area contributed by atoms with Crippen LogP contribution in [0.3, 0.4) is 0 Å². The molecular formula is C23H25N3O. The topological polar surface area (TPSA) is 54.0 Å². The lowest BCUT2D eigenvalue weighted by molar-refractivity contribution is 0.102. The first-order valence-corrected chi connectivity index (χ1v) is 9.07. The average molecular weight is 359 g/mol. The van der Waals surface area contributed by atoms with Crippen molar-refractivity contribution in [3.63, 3.8) is 0 Å². The van der Waals surface area contributed by atoms with E-state index in [0.717, 1.165) is 11.3 Å². The van der Waals surface area contributed by atoms with Gasteiger partial charge in [0.05, 0.1) is 0 Å². The van der Waals surface area contributed by atoms with Crippen LogP contribution in [0.4, 0.5) is 11.5 Å². The minimum atomic E-state index is -0.149. The summed E-state index contributed by atoms with van der Waals surface area (Å²) >= 11 is 0. The van der Waals surface area contributed by atoms with Crippen LogP contribution in [0.2, 0.25) is 0 Å². The Hall–Kier alpha value is -3.14. The zero-order valence-corrected chi connectivity index (χ0v) is 16.0. The number of rotatable bonds is 5. The molecule has 0 spiro atoms. The molecule has 2 N–H and O–H groups in total. The summed E-state index contributed by atoms with van der Waals surface area (Å²) in [5.74, 6) is 0.526. The number of carbonyl (C=O) groups excluding carboxylic acids is 1. The van der Waals surface area contributed by atoms with E-state index in [9.17, 15) is 4.79 Å². The van der Waals surface area contributed by atoms with Gasteiger partial charge in [0.25, 0.3) is 5.91 Å². The van der Waals surface area contributed by atoms with Crippen molar-refractivity contribution in [3.8, 4) is 0 Å². The fourth-order valence-electron chi connectivity index (χ4n) is 2.71. The number of nitrogens with one attached hydrogen (secondary N) is 2. The summed E-state index contributed by atoms with van der Waals surface area (Å²) in [6, 6.07) is 21.5. The van der Waals surface area contributed by atoms with Crippen molar-refractivity contribution in [2.24, 2.45) is 0 Å². The highest BCUT2D eigenvalue weighted by Gasteiger charge is 2.13. The van der Waals surface area contributed by atoms with Crippen molar-refractivity contribution in [1.29, 1.82) is 0 Å². The fourth-order valence-corrected chi connectivity index (χ4v) is 2.71. The van der Waals surface area contributed by atoms with Crippen LogP contribution in [-0.2, 0) is 12.0 Å². The summed E-state index contributed by atoms with van der Waals surface area (Å²) in [5.41, 5.74) is 3.83. The van der Waals surface area contributed by atoms with Crippen LogP contribution >= 0.6 is 0 Å². The lowest BCUT2D eigenvalue weighted by Gasteiger charge is -2.19. The lowest BCUT2D eigenvalue weighted by atomic mass is 9.87. The molecule has 0 unspecified atom stereocenters. The second kappa shape index (κ2) is 8.04. The molecule has 0 saturated heterocycles. The van der Waals surface area contributed by atoms with Gasteiger partial charge < -0.3 is 10.6 Å². The molecule has 3 rings (SSSR count). The molecule has 0 radical (unpaired) electrons. The molecule has 3 aromatic rings.